The summed E-state index contributed by atoms with van der Waals surface area (Å²) in [4.78, 5) is 32.8. The number of hydrogen-bond acceptors (Lipinski definition) is 6. The van der Waals surface area contributed by atoms with Crippen LogP contribution in [0.1, 0.15) is 18.9 Å². The average Bonchev–Trinajstić information content (AvgIpc) is 3.08. The molecule has 0 saturated carbocycles. The predicted octanol–water partition coefficient (Wildman–Crippen LogP) is 3.02. The number of hydrogen-bond donors (Lipinski definition) is 0. The topological polar surface area (TPSA) is 62.3 Å². The minimum atomic E-state index is -0.318. The van der Waals surface area contributed by atoms with E-state index >= 15 is 0 Å². The lowest BCUT2D eigenvalue weighted by atomic mass is 10.0. The molecule has 2 aliphatic rings. The van der Waals surface area contributed by atoms with Crippen LogP contribution < -0.4 is 14.4 Å². The van der Waals surface area contributed by atoms with E-state index in [4.69, 9.17) is 9.47 Å². The lowest BCUT2D eigenvalue weighted by Gasteiger charge is -2.34. The van der Waals surface area contributed by atoms with Gasteiger partial charge < -0.3 is 19.3 Å². The van der Waals surface area contributed by atoms with Crippen molar-refractivity contribution in [3.05, 3.63) is 59.8 Å². The fourth-order valence-electron chi connectivity index (χ4n) is 4.03. The van der Waals surface area contributed by atoms with E-state index in [-0.39, 0.29) is 11.8 Å². The Morgan fingerprint density at radius 2 is 1.62 bits per heavy atom. The molecule has 0 atom stereocenters. The number of likely N-dealkylation sites (N-methyl/N-ethyl adjacent to an activating group) is 1. The highest BCUT2D eigenvalue weighted by Crippen LogP contribution is 2.36. The number of imide groups is 1. The van der Waals surface area contributed by atoms with E-state index < -0.39 is 0 Å². The van der Waals surface area contributed by atoms with Crippen LogP contribution in [0, 0.1) is 0 Å². The van der Waals surface area contributed by atoms with Gasteiger partial charge in [0.2, 0.25) is 0 Å². The largest absolute Gasteiger partial charge is 0.497 e. The molecule has 32 heavy (non-hydrogen) atoms. The molecule has 1 fully saturated rings. The fraction of sp³-hybridized carbons (Fsp3) is 0.360. The van der Waals surface area contributed by atoms with E-state index in [1.54, 1.807) is 19.2 Å². The predicted molar refractivity (Wildman–Crippen MR) is 124 cm³/mol. The maximum Gasteiger partial charge on any atom is 0.282 e. The van der Waals surface area contributed by atoms with Gasteiger partial charge in [0.1, 0.15) is 17.2 Å². The molecule has 7 nitrogen and oxygen atoms in total. The summed E-state index contributed by atoms with van der Waals surface area (Å²) in [6, 6.07) is 14.5. The fourth-order valence-corrected chi connectivity index (χ4v) is 4.03. The summed E-state index contributed by atoms with van der Waals surface area (Å²) in [5.41, 5.74) is 2.12. The number of benzene rings is 2. The van der Waals surface area contributed by atoms with Crippen LogP contribution in [0.4, 0.5) is 5.69 Å². The molecule has 7 heteroatoms. The Balaban J connectivity index is 1.74. The molecule has 2 heterocycles. The zero-order chi connectivity index (χ0) is 22.7. The molecule has 168 valence electrons. The Kier molecular flexibility index (Phi) is 6.46. The number of carbonyl (C=O) groups excluding carboxylic acids is 2. The maximum absolute atomic E-state index is 13.7. The van der Waals surface area contributed by atoms with Gasteiger partial charge in [-0.15, -0.1) is 0 Å². The highest BCUT2D eigenvalue weighted by molar-refractivity contribution is 6.45. The minimum absolute atomic E-state index is 0.294. The van der Waals surface area contributed by atoms with Crippen LogP contribution in [0.3, 0.4) is 0 Å². The second kappa shape index (κ2) is 9.44. The lowest BCUT2D eigenvalue weighted by Crippen LogP contribution is -2.46. The van der Waals surface area contributed by atoms with Gasteiger partial charge in [-0.3, -0.25) is 9.59 Å². The number of anilines is 1. The number of piperazine rings is 1. The molecule has 0 N–H and O–H groups in total. The van der Waals surface area contributed by atoms with Crippen molar-refractivity contribution in [3.63, 3.8) is 0 Å². The van der Waals surface area contributed by atoms with Crippen LogP contribution in [0.25, 0.3) is 5.57 Å². The van der Waals surface area contributed by atoms with Gasteiger partial charge in [-0.05, 0) is 43.3 Å². The Morgan fingerprint density at radius 1 is 0.906 bits per heavy atom. The summed E-state index contributed by atoms with van der Waals surface area (Å²) in [6.07, 6.45) is 0.878. The minimum Gasteiger partial charge on any atom is -0.497 e. The van der Waals surface area contributed by atoms with Gasteiger partial charge >= 0.3 is 0 Å². The third-order valence-corrected chi connectivity index (χ3v) is 5.81. The van der Waals surface area contributed by atoms with E-state index in [0.717, 1.165) is 19.5 Å². The van der Waals surface area contributed by atoms with Crippen LogP contribution in [-0.4, -0.2) is 68.6 Å². The molecule has 0 unspecified atom stereocenters. The first-order valence-corrected chi connectivity index (χ1v) is 11.0. The van der Waals surface area contributed by atoms with Crippen LogP contribution in [-0.2, 0) is 9.59 Å². The molecule has 2 amide bonds. The van der Waals surface area contributed by atoms with Crippen molar-refractivity contribution < 1.29 is 19.1 Å². The molecule has 0 aliphatic carbocycles. The molecule has 2 aliphatic heterocycles. The quantitative estimate of drug-likeness (QED) is 0.623. The lowest BCUT2D eigenvalue weighted by molar-refractivity contribution is -0.120. The van der Waals surface area contributed by atoms with Crippen molar-refractivity contribution in [2.24, 2.45) is 0 Å². The second-order valence-corrected chi connectivity index (χ2v) is 8.03. The Hall–Kier alpha value is -3.32. The van der Waals surface area contributed by atoms with E-state index in [2.05, 4.69) is 11.9 Å². The van der Waals surface area contributed by atoms with Crippen molar-refractivity contribution in [1.29, 1.82) is 0 Å². The number of amides is 2. The van der Waals surface area contributed by atoms with Crippen molar-refractivity contribution in [1.82, 2.24) is 9.80 Å². The van der Waals surface area contributed by atoms with E-state index in [1.807, 2.05) is 48.2 Å². The van der Waals surface area contributed by atoms with Crippen LogP contribution >= 0.6 is 0 Å². The average molecular weight is 436 g/mol. The zero-order valence-electron chi connectivity index (χ0n) is 18.8. The molecule has 2 aromatic rings. The summed E-state index contributed by atoms with van der Waals surface area (Å²) in [6.45, 7) is 5.66. The Morgan fingerprint density at radius 3 is 2.28 bits per heavy atom. The SMILES string of the molecule is CCCOc1cccc(N2C(=O)C(c3ccc(OC)cc3)=C(N3CCN(C)CC3)C2=O)c1. The number of nitrogens with zero attached hydrogens (tertiary/aromatic N) is 3. The zero-order valence-corrected chi connectivity index (χ0v) is 18.8. The van der Waals surface area contributed by atoms with Gasteiger partial charge in [-0.25, -0.2) is 4.90 Å². The molecule has 0 radical (unpaired) electrons. The molecular weight excluding hydrogens is 406 g/mol. The van der Waals surface area contributed by atoms with Crippen molar-refractivity contribution in [2.45, 2.75) is 13.3 Å². The van der Waals surface area contributed by atoms with Gasteiger partial charge in [0.15, 0.2) is 0 Å². The Bertz CT molecular complexity index is 1020. The maximum atomic E-state index is 13.7. The van der Waals surface area contributed by atoms with E-state index in [1.165, 1.54) is 4.90 Å². The standard InChI is InChI=1S/C25H29N3O4/c1-4-16-32-21-7-5-6-19(17-21)28-24(29)22(18-8-10-20(31-3)11-9-18)23(25(28)30)27-14-12-26(2)13-15-27/h5-11,17H,4,12-16H2,1-3H3. The third kappa shape index (κ3) is 4.21. The summed E-state index contributed by atoms with van der Waals surface area (Å²) in [5.74, 6) is 0.730. The first-order chi connectivity index (χ1) is 15.5. The highest BCUT2D eigenvalue weighted by Gasteiger charge is 2.43. The summed E-state index contributed by atoms with van der Waals surface area (Å²) in [7, 11) is 3.66. The molecule has 1 saturated heterocycles. The highest BCUT2D eigenvalue weighted by atomic mass is 16.5. The molecule has 2 aromatic carbocycles. The normalized spacial score (nSPS) is 17.3. The van der Waals surface area contributed by atoms with Crippen LogP contribution in [0.5, 0.6) is 11.5 Å². The first kappa shape index (κ1) is 21.9. The Labute approximate surface area is 188 Å². The monoisotopic (exact) mass is 435 g/mol. The number of carbonyl (C=O) groups is 2. The van der Waals surface area contributed by atoms with Gasteiger partial charge in [-0.2, -0.15) is 0 Å². The third-order valence-electron chi connectivity index (χ3n) is 5.81. The number of rotatable bonds is 7. The van der Waals surface area contributed by atoms with Gasteiger partial charge in [0.05, 0.1) is 25.0 Å². The first-order valence-electron chi connectivity index (χ1n) is 11.0. The van der Waals surface area contributed by atoms with Gasteiger partial charge in [0.25, 0.3) is 11.8 Å². The van der Waals surface area contributed by atoms with Crippen LogP contribution in [0.2, 0.25) is 0 Å². The van der Waals surface area contributed by atoms with Crippen LogP contribution in [0.15, 0.2) is 54.2 Å². The van der Waals surface area contributed by atoms with Crippen molar-refractivity contribution in [3.8, 4) is 11.5 Å². The van der Waals surface area contributed by atoms with Crippen molar-refractivity contribution in [2.75, 3.05) is 51.8 Å². The second-order valence-electron chi connectivity index (χ2n) is 8.03. The number of ether oxygens (including phenoxy) is 2. The van der Waals surface area contributed by atoms with E-state index in [9.17, 15) is 9.59 Å². The molecule has 0 aromatic heterocycles. The van der Waals surface area contributed by atoms with Gasteiger partial charge in [-0.1, -0.05) is 25.1 Å². The smallest absolute Gasteiger partial charge is 0.282 e. The van der Waals surface area contributed by atoms with E-state index in [0.29, 0.717) is 53.7 Å². The molecular formula is C25H29N3O4. The summed E-state index contributed by atoms with van der Waals surface area (Å²) < 4.78 is 11.0. The molecule has 0 bridgehead atoms. The number of methoxy groups -OCH3 is 1. The van der Waals surface area contributed by atoms with Crippen molar-refractivity contribution >= 4 is 23.1 Å². The molecule has 4 rings (SSSR count). The molecule has 0 spiro atoms. The summed E-state index contributed by atoms with van der Waals surface area (Å²) in [5, 5.41) is 0. The van der Waals surface area contributed by atoms with Gasteiger partial charge in [0, 0.05) is 32.2 Å². The summed E-state index contributed by atoms with van der Waals surface area (Å²) >= 11 is 0.